The molecule has 0 spiro atoms. The molecular weight excluding hydrogens is 341 g/mol. The van der Waals surface area contributed by atoms with E-state index >= 15 is 0 Å². The van der Waals surface area contributed by atoms with Crippen molar-refractivity contribution >= 4 is 28.9 Å². The number of nitrogens with one attached hydrogen (secondary N) is 1. The van der Waals surface area contributed by atoms with Crippen molar-refractivity contribution in [2.24, 2.45) is 0 Å². The first-order chi connectivity index (χ1) is 12.0. The number of anilines is 2. The standard InChI is InChI=1S/C19H21ClFN3O/c1-14(19(25)22-17-6-2-15(20)3-7-17)23-10-12-24(13-11-23)18-8-4-16(21)5-9-18/h2-9,14H,10-13H2,1H3,(H,22,25)/t14-/m0/s1. The summed E-state index contributed by atoms with van der Waals surface area (Å²) in [6, 6.07) is 13.4. The van der Waals surface area contributed by atoms with E-state index < -0.39 is 0 Å². The van der Waals surface area contributed by atoms with Gasteiger partial charge in [0.05, 0.1) is 6.04 Å². The van der Waals surface area contributed by atoms with Gasteiger partial charge < -0.3 is 10.2 Å². The van der Waals surface area contributed by atoms with E-state index in [-0.39, 0.29) is 17.8 Å². The zero-order valence-electron chi connectivity index (χ0n) is 14.1. The Kier molecular flexibility index (Phi) is 5.56. The summed E-state index contributed by atoms with van der Waals surface area (Å²) in [5, 5.41) is 3.56. The molecule has 0 radical (unpaired) electrons. The van der Waals surface area contributed by atoms with Crippen molar-refractivity contribution in [1.29, 1.82) is 0 Å². The van der Waals surface area contributed by atoms with Crippen LogP contribution in [-0.4, -0.2) is 43.0 Å². The topological polar surface area (TPSA) is 35.6 Å². The SMILES string of the molecule is C[C@@H](C(=O)Nc1ccc(Cl)cc1)N1CCN(c2ccc(F)cc2)CC1. The number of nitrogens with zero attached hydrogens (tertiary/aromatic N) is 2. The monoisotopic (exact) mass is 361 g/mol. The first-order valence-electron chi connectivity index (χ1n) is 8.34. The number of hydrogen-bond donors (Lipinski definition) is 1. The quantitative estimate of drug-likeness (QED) is 0.903. The lowest BCUT2D eigenvalue weighted by Gasteiger charge is -2.38. The fourth-order valence-corrected chi connectivity index (χ4v) is 3.09. The molecule has 1 aliphatic heterocycles. The van der Waals surface area contributed by atoms with E-state index in [1.54, 1.807) is 36.4 Å². The van der Waals surface area contributed by atoms with Gasteiger partial charge in [-0.3, -0.25) is 9.69 Å². The molecule has 6 heteroatoms. The molecule has 0 aliphatic carbocycles. The van der Waals surface area contributed by atoms with Crippen molar-refractivity contribution in [3.8, 4) is 0 Å². The van der Waals surface area contributed by atoms with Crippen LogP contribution in [0.4, 0.5) is 15.8 Å². The van der Waals surface area contributed by atoms with Crippen LogP contribution >= 0.6 is 11.6 Å². The van der Waals surface area contributed by atoms with Crippen molar-refractivity contribution < 1.29 is 9.18 Å². The van der Waals surface area contributed by atoms with E-state index in [0.29, 0.717) is 5.02 Å². The molecule has 132 valence electrons. The molecule has 0 saturated carbocycles. The van der Waals surface area contributed by atoms with Crippen LogP contribution in [0, 0.1) is 5.82 Å². The second-order valence-electron chi connectivity index (χ2n) is 6.17. The van der Waals surface area contributed by atoms with E-state index in [4.69, 9.17) is 11.6 Å². The summed E-state index contributed by atoms with van der Waals surface area (Å²) in [4.78, 5) is 16.8. The summed E-state index contributed by atoms with van der Waals surface area (Å²) in [6.45, 7) is 5.10. The molecular formula is C19H21ClFN3O. The average Bonchev–Trinajstić information content (AvgIpc) is 2.64. The smallest absolute Gasteiger partial charge is 0.241 e. The zero-order valence-corrected chi connectivity index (χ0v) is 14.8. The highest BCUT2D eigenvalue weighted by Crippen LogP contribution is 2.19. The predicted octanol–water partition coefficient (Wildman–Crippen LogP) is 3.63. The van der Waals surface area contributed by atoms with Gasteiger partial charge in [0, 0.05) is 42.6 Å². The van der Waals surface area contributed by atoms with E-state index in [1.807, 2.05) is 6.92 Å². The van der Waals surface area contributed by atoms with E-state index in [1.165, 1.54) is 12.1 Å². The number of halogens is 2. The minimum atomic E-state index is -0.227. The Morgan fingerprint density at radius 2 is 1.64 bits per heavy atom. The second kappa shape index (κ2) is 7.85. The van der Waals surface area contributed by atoms with Crippen LogP contribution < -0.4 is 10.2 Å². The molecule has 3 rings (SSSR count). The van der Waals surface area contributed by atoms with Crippen LogP contribution in [0.15, 0.2) is 48.5 Å². The molecule has 2 aromatic carbocycles. The minimum absolute atomic E-state index is 0.0300. The van der Waals surface area contributed by atoms with Crippen molar-refractivity contribution in [3.05, 3.63) is 59.4 Å². The van der Waals surface area contributed by atoms with E-state index in [9.17, 15) is 9.18 Å². The molecule has 1 amide bonds. The number of carbonyl (C=O) groups is 1. The Balaban J connectivity index is 1.53. The summed E-state index contributed by atoms with van der Waals surface area (Å²) >= 11 is 5.86. The number of rotatable bonds is 4. The zero-order chi connectivity index (χ0) is 17.8. The highest BCUT2D eigenvalue weighted by atomic mass is 35.5. The van der Waals surface area contributed by atoms with Crippen LogP contribution in [0.25, 0.3) is 0 Å². The number of amides is 1. The Morgan fingerprint density at radius 1 is 1.04 bits per heavy atom. The molecule has 4 nitrogen and oxygen atoms in total. The average molecular weight is 362 g/mol. The van der Waals surface area contributed by atoms with Crippen LogP contribution in [0.1, 0.15) is 6.92 Å². The number of hydrogen-bond acceptors (Lipinski definition) is 3. The van der Waals surface area contributed by atoms with Crippen LogP contribution in [0.3, 0.4) is 0 Å². The van der Waals surface area contributed by atoms with Crippen molar-refractivity contribution in [1.82, 2.24) is 4.90 Å². The van der Waals surface area contributed by atoms with Gasteiger partial charge in [-0.25, -0.2) is 4.39 Å². The molecule has 2 aromatic rings. The highest BCUT2D eigenvalue weighted by molar-refractivity contribution is 6.30. The first-order valence-corrected chi connectivity index (χ1v) is 8.72. The van der Waals surface area contributed by atoms with Gasteiger partial charge in [0.1, 0.15) is 5.82 Å². The van der Waals surface area contributed by atoms with Gasteiger partial charge in [0.15, 0.2) is 0 Å². The van der Waals surface area contributed by atoms with Gasteiger partial charge in [-0.2, -0.15) is 0 Å². The molecule has 1 aliphatic rings. The molecule has 1 heterocycles. The maximum absolute atomic E-state index is 13.0. The third-order valence-electron chi connectivity index (χ3n) is 4.54. The van der Waals surface area contributed by atoms with Gasteiger partial charge in [0.25, 0.3) is 0 Å². The molecule has 0 aromatic heterocycles. The van der Waals surface area contributed by atoms with Gasteiger partial charge in [-0.1, -0.05) is 11.6 Å². The van der Waals surface area contributed by atoms with Crippen LogP contribution in [0.2, 0.25) is 5.02 Å². The summed E-state index contributed by atoms with van der Waals surface area (Å²) in [5.41, 5.74) is 1.76. The largest absolute Gasteiger partial charge is 0.369 e. The van der Waals surface area contributed by atoms with Crippen molar-refractivity contribution in [3.63, 3.8) is 0 Å². The summed E-state index contributed by atoms with van der Waals surface area (Å²) in [7, 11) is 0. The second-order valence-corrected chi connectivity index (χ2v) is 6.61. The van der Waals surface area contributed by atoms with Gasteiger partial charge >= 0.3 is 0 Å². The third kappa shape index (κ3) is 4.50. The fraction of sp³-hybridized carbons (Fsp3) is 0.316. The molecule has 1 atom stereocenters. The highest BCUT2D eigenvalue weighted by Gasteiger charge is 2.25. The molecule has 1 N–H and O–H groups in total. The van der Waals surface area contributed by atoms with Crippen LogP contribution in [-0.2, 0) is 4.79 Å². The van der Waals surface area contributed by atoms with Gasteiger partial charge in [-0.05, 0) is 55.5 Å². The van der Waals surface area contributed by atoms with Crippen molar-refractivity contribution in [2.75, 3.05) is 36.4 Å². The number of piperazine rings is 1. The Morgan fingerprint density at radius 3 is 2.24 bits per heavy atom. The lowest BCUT2D eigenvalue weighted by Crippen LogP contribution is -2.52. The minimum Gasteiger partial charge on any atom is -0.369 e. The number of carbonyl (C=O) groups excluding carboxylic acids is 1. The fourth-order valence-electron chi connectivity index (χ4n) is 2.97. The molecule has 1 saturated heterocycles. The molecule has 0 bridgehead atoms. The van der Waals surface area contributed by atoms with Crippen molar-refractivity contribution in [2.45, 2.75) is 13.0 Å². The lowest BCUT2D eigenvalue weighted by atomic mass is 10.2. The van der Waals surface area contributed by atoms with Gasteiger partial charge in [-0.15, -0.1) is 0 Å². The summed E-state index contributed by atoms with van der Waals surface area (Å²) in [5.74, 6) is -0.257. The van der Waals surface area contributed by atoms with E-state index in [0.717, 1.165) is 37.6 Å². The molecule has 0 unspecified atom stereocenters. The summed E-state index contributed by atoms with van der Waals surface area (Å²) in [6.07, 6.45) is 0. The number of benzene rings is 2. The molecule has 1 fully saturated rings. The first kappa shape index (κ1) is 17.7. The van der Waals surface area contributed by atoms with Gasteiger partial charge in [0.2, 0.25) is 5.91 Å². The third-order valence-corrected chi connectivity index (χ3v) is 4.80. The summed E-state index contributed by atoms with van der Waals surface area (Å²) < 4.78 is 13.0. The van der Waals surface area contributed by atoms with Crippen LogP contribution in [0.5, 0.6) is 0 Å². The Labute approximate surface area is 152 Å². The predicted molar refractivity (Wildman–Crippen MR) is 99.7 cm³/mol. The van der Waals surface area contributed by atoms with E-state index in [2.05, 4.69) is 15.1 Å². The maximum Gasteiger partial charge on any atom is 0.241 e. The normalized spacial score (nSPS) is 16.5. The Bertz CT molecular complexity index is 712. The Hall–Kier alpha value is -2.11. The maximum atomic E-state index is 13.0. The lowest BCUT2D eigenvalue weighted by molar-refractivity contribution is -0.120. The molecule has 25 heavy (non-hydrogen) atoms.